The van der Waals surface area contributed by atoms with Crippen molar-refractivity contribution in [2.24, 2.45) is 0 Å². The van der Waals surface area contributed by atoms with E-state index in [1.165, 1.54) is 4.88 Å². The van der Waals surface area contributed by atoms with Crippen LogP contribution >= 0.6 is 27.3 Å². The summed E-state index contributed by atoms with van der Waals surface area (Å²) >= 11 is 4.98. The Morgan fingerprint density at radius 2 is 2.12 bits per heavy atom. The molecule has 3 rings (SSSR count). The third kappa shape index (κ3) is 4.70. The van der Waals surface area contributed by atoms with Crippen LogP contribution in [0.1, 0.15) is 20.8 Å². The lowest BCUT2D eigenvalue weighted by molar-refractivity contribution is -0.151. The molecule has 136 valence electrons. The second kappa shape index (κ2) is 8.46. The van der Waals surface area contributed by atoms with Gasteiger partial charge in [-0.2, -0.15) is 0 Å². The molecule has 2 heterocycles. The summed E-state index contributed by atoms with van der Waals surface area (Å²) in [6.45, 7) is 0.580. The minimum atomic E-state index is -0.644. The van der Waals surface area contributed by atoms with Crippen LogP contribution < -0.4 is 5.32 Å². The molecule has 1 aliphatic heterocycles. The summed E-state index contributed by atoms with van der Waals surface area (Å²) in [5.41, 5.74) is 1.59. The minimum Gasteiger partial charge on any atom is -0.454 e. The monoisotopic (exact) mass is 436 g/mol. The maximum Gasteiger partial charge on any atom is 0.325 e. The van der Waals surface area contributed by atoms with E-state index in [0.717, 1.165) is 16.5 Å². The Morgan fingerprint density at radius 3 is 2.92 bits per heavy atom. The van der Waals surface area contributed by atoms with Crippen molar-refractivity contribution in [1.82, 2.24) is 10.2 Å². The Balaban J connectivity index is 1.41. The van der Waals surface area contributed by atoms with Gasteiger partial charge in [0, 0.05) is 28.0 Å². The predicted molar refractivity (Wildman–Crippen MR) is 101 cm³/mol. The molecule has 0 unspecified atom stereocenters. The molecule has 1 aromatic heterocycles. The zero-order chi connectivity index (χ0) is 18.5. The van der Waals surface area contributed by atoms with Gasteiger partial charge in [-0.1, -0.05) is 22.0 Å². The number of esters is 1. The maximum atomic E-state index is 12.2. The van der Waals surface area contributed by atoms with Crippen LogP contribution in [-0.2, 0) is 27.3 Å². The number of fused-ring (bicyclic) bond motifs is 1. The highest BCUT2D eigenvalue weighted by Gasteiger charge is 2.22. The van der Waals surface area contributed by atoms with Crippen molar-refractivity contribution in [2.75, 3.05) is 19.7 Å². The van der Waals surface area contributed by atoms with Crippen molar-refractivity contribution in [1.29, 1.82) is 0 Å². The topological polar surface area (TPSA) is 75.7 Å². The third-order valence-corrected chi connectivity index (χ3v) is 5.51. The molecule has 0 atom stereocenters. The number of nitrogens with zero attached hydrogens (tertiary/aromatic N) is 1. The van der Waals surface area contributed by atoms with E-state index in [2.05, 4.69) is 21.2 Å². The summed E-state index contributed by atoms with van der Waals surface area (Å²) < 4.78 is 5.76. The minimum absolute atomic E-state index is 0.228. The molecule has 1 N–H and O–H groups in total. The second-order valence-electron chi connectivity index (χ2n) is 5.79. The molecule has 0 bridgehead atoms. The van der Waals surface area contributed by atoms with Crippen molar-refractivity contribution in [2.45, 2.75) is 13.0 Å². The van der Waals surface area contributed by atoms with Gasteiger partial charge in [0.25, 0.3) is 11.8 Å². The van der Waals surface area contributed by atoms with Crippen LogP contribution in [0.2, 0.25) is 0 Å². The smallest absolute Gasteiger partial charge is 0.325 e. The van der Waals surface area contributed by atoms with E-state index in [1.54, 1.807) is 40.5 Å². The van der Waals surface area contributed by atoms with E-state index >= 15 is 0 Å². The summed E-state index contributed by atoms with van der Waals surface area (Å²) in [6.07, 6.45) is 0.829. The zero-order valence-corrected chi connectivity index (χ0v) is 16.3. The fourth-order valence-electron chi connectivity index (χ4n) is 2.63. The number of amides is 2. The maximum absolute atomic E-state index is 12.2. The molecule has 0 saturated heterocycles. The molecule has 2 amide bonds. The molecule has 1 aliphatic rings. The average molecular weight is 437 g/mol. The predicted octanol–water partition coefficient (Wildman–Crippen LogP) is 2.37. The van der Waals surface area contributed by atoms with Gasteiger partial charge in [-0.05, 0) is 41.6 Å². The molecular weight excluding hydrogens is 420 g/mol. The standard InChI is InChI=1S/C18H17BrN2O4S/c19-14-3-1-2-12(8-14)18(24)20-9-17(23)25-11-16(22)21-6-4-15-13(10-21)5-7-26-15/h1-3,5,7-8H,4,6,9-11H2,(H,20,24). The summed E-state index contributed by atoms with van der Waals surface area (Å²) in [5, 5.41) is 4.50. The van der Waals surface area contributed by atoms with Gasteiger partial charge in [0.1, 0.15) is 6.54 Å². The van der Waals surface area contributed by atoms with Gasteiger partial charge in [0.05, 0.1) is 0 Å². The molecule has 0 radical (unpaired) electrons. The van der Waals surface area contributed by atoms with E-state index in [9.17, 15) is 14.4 Å². The number of thiophene rings is 1. The Bertz CT molecular complexity index is 836. The molecule has 0 saturated carbocycles. The Kier molecular flexibility index (Phi) is 6.05. The van der Waals surface area contributed by atoms with E-state index in [-0.39, 0.29) is 25.0 Å². The van der Waals surface area contributed by atoms with Crippen molar-refractivity contribution in [3.8, 4) is 0 Å². The number of hydrogen-bond donors (Lipinski definition) is 1. The van der Waals surface area contributed by atoms with Gasteiger partial charge in [-0.25, -0.2) is 0 Å². The summed E-state index contributed by atoms with van der Waals surface area (Å²) in [6, 6.07) is 8.84. The molecule has 0 aliphatic carbocycles. The largest absolute Gasteiger partial charge is 0.454 e. The van der Waals surface area contributed by atoms with Gasteiger partial charge in [0.15, 0.2) is 6.61 Å². The van der Waals surface area contributed by atoms with Crippen LogP contribution in [0.25, 0.3) is 0 Å². The third-order valence-electron chi connectivity index (χ3n) is 4.00. The molecule has 6 nitrogen and oxygen atoms in total. The van der Waals surface area contributed by atoms with Crippen LogP contribution in [0.4, 0.5) is 0 Å². The molecule has 2 aromatic rings. The number of hydrogen-bond acceptors (Lipinski definition) is 5. The van der Waals surface area contributed by atoms with Crippen LogP contribution in [-0.4, -0.2) is 42.4 Å². The van der Waals surface area contributed by atoms with E-state index in [0.29, 0.717) is 18.7 Å². The number of carbonyl (C=O) groups excluding carboxylic acids is 3. The first kappa shape index (κ1) is 18.6. The summed E-state index contributed by atoms with van der Waals surface area (Å²) in [4.78, 5) is 38.9. The van der Waals surface area contributed by atoms with Crippen LogP contribution in [0.3, 0.4) is 0 Å². The van der Waals surface area contributed by atoms with Crippen LogP contribution in [0.15, 0.2) is 40.2 Å². The van der Waals surface area contributed by atoms with Gasteiger partial charge >= 0.3 is 5.97 Å². The van der Waals surface area contributed by atoms with E-state index in [1.807, 2.05) is 11.4 Å². The molecule has 0 spiro atoms. The van der Waals surface area contributed by atoms with Gasteiger partial charge in [-0.3, -0.25) is 14.4 Å². The second-order valence-corrected chi connectivity index (χ2v) is 7.70. The summed E-state index contributed by atoms with van der Waals surface area (Å²) in [7, 11) is 0. The van der Waals surface area contributed by atoms with Crippen LogP contribution in [0.5, 0.6) is 0 Å². The van der Waals surface area contributed by atoms with E-state index in [4.69, 9.17) is 4.74 Å². The average Bonchev–Trinajstić information content (AvgIpc) is 3.11. The van der Waals surface area contributed by atoms with Gasteiger partial charge in [0.2, 0.25) is 0 Å². The molecular formula is C18H17BrN2O4S. The number of nitrogens with one attached hydrogen (secondary N) is 1. The van der Waals surface area contributed by atoms with E-state index < -0.39 is 5.97 Å². The van der Waals surface area contributed by atoms with Crippen molar-refractivity contribution >= 4 is 45.1 Å². The fourth-order valence-corrected chi connectivity index (χ4v) is 3.92. The highest BCUT2D eigenvalue weighted by molar-refractivity contribution is 9.10. The lowest BCUT2D eigenvalue weighted by Crippen LogP contribution is -2.39. The number of rotatable bonds is 5. The number of ether oxygens (including phenoxy) is 1. The first-order valence-corrected chi connectivity index (χ1v) is 9.72. The van der Waals surface area contributed by atoms with Gasteiger partial charge < -0.3 is 15.0 Å². The molecule has 1 aromatic carbocycles. The molecule has 8 heteroatoms. The highest BCUT2D eigenvalue weighted by Crippen LogP contribution is 2.23. The zero-order valence-electron chi connectivity index (χ0n) is 13.9. The van der Waals surface area contributed by atoms with Crippen molar-refractivity contribution in [3.05, 3.63) is 56.2 Å². The first-order chi connectivity index (χ1) is 12.5. The Morgan fingerprint density at radius 1 is 1.27 bits per heavy atom. The molecule has 26 heavy (non-hydrogen) atoms. The van der Waals surface area contributed by atoms with Gasteiger partial charge in [-0.15, -0.1) is 11.3 Å². The quantitative estimate of drug-likeness (QED) is 0.729. The fraction of sp³-hybridized carbons (Fsp3) is 0.278. The SMILES string of the molecule is O=C(CNC(=O)c1cccc(Br)c1)OCC(=O)N1CCc2sccc2C1. The highest BCUT2D eigenvalue weighted by atomic mass is 79.9. The normalized spacial score (nSPS) is 13.0. The van der Waals surface area contributed by atoms with Crippen LogP contribution in [0, 0.1) is 0 Å². The molecule has 0 fully saturated rings. The van der Waals surface area contributed by atoms with Crippen molar-refractivity contribution < 1.29 is 19.1 Å². The Hall–Kier alpha value is -2.19. The van der Waals surface area contributed by atoms with Crippen molar-refractivity contribution in [3.63, 3.8) is 0 Å². The summed E-state index contributed by atoms with van der Waals surface area (Å²) in [5.74, 6) is -1.25. The lowest BCUT2D eigenvalue weighted by atomic mass is 10.1. The number of carbonyl (C=O) groups is 3. The lowest BCUT2D eigenvalue weighted by Gasteiger charge is -2.26. The number of halogens is 1. The number of benzene rings is 1. The Labute approximate surface area is 163 Å². The first-order valence-electron chi connectivity index (χ1n) is 8.05.